The van der Waals surface area contributed by atoms with E-state index >= 15 is 0 Å². The summed E-state index contributed by atoms with van der Waals surface area (Å²) in [6.07, 6.45) is 0.456. The van der Waals surface area contributed by atoms with Crippen LogP contribution < -0.4 is 9.47 Å². The summed E-state index contributed by atoms with van der Waals surface area (Å²) in [5.41, 5.74) is 0. The maximum atomic E-state index is 12.1. The first-order valence-corrected chi connectivity index (χ1v) is 6.50. The van der Waals surface area contributed by atoms with Crippen molar-refractivity contribution >= 4 is 5.91 Å². The van der Waals surface area contributed by atoms with E-state index in [2.05, 4.69) is 0 Å². The normalized spacial score (nSPS) is 9.29. The summed E-state index contributed by atoms with van der Waals surface area (Å²) in [4.78, 5) is 13.5. The minimum atomic E-state index is -0.258. The Morgan fingerprint density at radius 1 is 1.14 bits per heavy atom. The van der Waals surface area contributed by atoms with Gasteiger partial charge < -0.3 is 14.4 Å². The first-order valence-electron chi connectivity index (χ1n) is 6.50. The largest absolute Gasteiger partial charge is 0.493 e. The van der Waals surface area contributed by atoms with Crippen LogP contribution in [0.3, 0.4) is 0 Å². The first-order chi connectivity index (χ1) is 10.2. The van der Waals surface area contributed by atoms with Gasteiger partial charge in [-0.05, 0) is 12.1 Å². The lowest BCUT2D eigenvalue weighted by molar-refractivity contribution is -0.133. The minimum absolute atomic E-state index is 0.156. The molecule has 1 aromatic carbocycles. The molecular formula is C15H17N3O3. The van der Waals surface area contributed by atoms with E-state index in [0.717, 1.165) is 0 Å². The fourth-order valence-corrected chi connectivity index (χ4v) is 1.70. The third-order valence-electron chi connectivity index (χ3n) is 2.76. The second-order valence-electron chi connectivity index (χ2n) is 4.14. The Balaban J connectivity index is 2.60. The highest BCUT2D eigenvalue weighted by Crippen LogP contribution is 2.25. The Morgan fingerprint density at radius 3 is 2.24 bits per heavy atom. The summed E-state index contributed by atoms with van der Waals surface area (Å²) in [5.74, 6) is 0.770. The Hall–Kier alpha value is -2.73. The van der Waals surface area contributed by atoms with E-state index in [1.807, 2.05) is 12.1 Å². The fraction of sp³-hybridized carbons (Fsp3) is 0.400. The van der Waals surface area contributed by atoms with Crippen LogP contribution in [-0.4, -0.2) is 37.6 Å². The zero-order valence-electron chi connectivity index (χ0n) is 11.9. The first kappa shape index (κ1) is 16.3. The van der Waals surface area contributed by atoms with Crippen LogP contribution in [0.25, 0.3) is 0 Å². The number of nitriles is 2. The monoisotopic (exact) mass is 287 g/mol. The van der Waals surface area contributed by atoms with Gasteiger partial charge in [-0.25, -0.2) is 0 Å². The van der Waals surface area contributed by atoms with Crippen LogP contribution in [0.2, 0.25) is 0 Å². The Labute approximate surface area is 124 Å². The molecule has 6 heteroatoms. The zero-order chi connectivity index (χ0) is 15.5. The molecule has 0 saturated heterocycles. The van der Waals surface area contributed by atoms with E-state index in [4.69, 9.17) is 20.0 Å². The number of amides is 1. The molecule has 0 aliphatic carbocycles. The number of hydrogen-bond acceptors (Lipinski definition) is 5. The molecule has 0 aliphatic heterocycles. The molecule has 0 aromatic heterocycles. The van der Waals surface area contributed by atoms with Crippen molar-refractivity contribution in [3.63, 3.8) is 0 Å². The molecule has 0 fully saturated rings. The average Bonchev–Trinajstić information content (AvgIpc) is 2.53. The minimum Gasteiger partial charge on any atom is -0.493 e. The van der Waals surface area contributed by atoms with Crippen molar-refractivity contribution in [1.82, 2.24) is 4.90 Å². The quantitative estimate of drug-likeness (QED) is 0.726. The summed E-state index contributed by atoms with van der Waals surface area (Å²) >= 11 is 0. The molecule has 0 N–H and O–H groups in total. The average molecular weight is 287 g/mol. The molecule has 6 nitrogen and oxygen atoms in total. The van der Waals surface area contributed by atoms with Gasteiger partial charge in [-0.1, -0.05) is 12.1 Å². The van der Waals surface area contributed by atoms with Gasteiger partial charge in [-0.3, -0.25) is 4.79 Å². The lowest BCUT2D eigenvalue weighted by Crippen LogP contribution is -2.36. The fourth-order valence-electron chi connectivity index (χ4n) is 1.70. The van der Waals surface area contributed by atoms with Crippen LogP contribution in [0.5, 0.6) is 11.5 Å². The maximum Gasteiger partial charge on any atom is 0.260 e. The number of para-hydroxylation sites is 2. The predicted octanol–water partition coefficient (Wildman–Crippen LogP) is 1.73. The van der Waals surface area contributed by atoms with Crippen molar-refractivity contribution in [2.24, 2.45) is 0 Å². The van der Waals surface area contributed by atoms with Gasteiger partial charge in [-0.2, -0.15) is 10.5 Å². The zero-order valence-corrected chi connectivity index (χ0v) is 11.9. The second-order valence-corrected chi connectivity index (χ2v) is 4.14. The van der Waals surface area contributed by atoms with Gasteiger partial charge in [0.05, 0.1) is 32.1 Å². The summed E-state index contributed by atoms with van der Waals surface area (Å²) in [5, 5.41) is 17.2. The lowest BCUT2D eigenvalue weighted by Gasteiger charge is -2.20. The third kappa shape index (κ3) is 5.42. The molecule has 21 heavy (non-hydrogen) atoms. The van der Waals surface area contributed by atoms with Crippen molar-refractivity contribution in [3.05, 3.63) is 24.3 Å². The van der Waals surface area contributed by atoms with Crippen LogP contribution in [0.15, 0.2) is 24.3 Å². The van der Waals surface area contributed by atoms with Crippen LogP contribution in [-0.2, 0) is 4.79 Å². The van der Waals surface area contributed by atoms with E-state index in [-0.39, 0.29) is 25.4 Å². The SMILES string of the molecule is COc1ccccc1OCC(=O)N(CCC#N)CCC#N. The van der Waals surface area contributed by atoms with Gasteiger partial charge in [0.1, 0.15) is 0 Å². The number of methoxy groups -OCH3 is 1. The molecule has 0 aliphatic rings. The maximum absolute atomic E-state index is 12.1. The molecule has 0 spiro atoms. The van der Waals surface area contributed by atoms with E-state index in [9.17, 15) is 4.79 Å². The highest BCUT2D eigenvalue weighted by molar-refractivity contribution is 5.77. The van der Waals surface area contributed by atoms with E-state index in [1.165, 1.54) is 12.0 Å². The molecule has 0 saturated carbocycles. The van der Waals surface area contributed by atoms with Crippen LogP contribution >= 0.6 is 0 Å². The summed E-state index contributed by atoms with van der Waals surface area (Å²) in [6, 6.07) is 11.0. The molecule has 0 heterocycles. The molecule has 1 aromatic rings. The lowest BCUT2D eigenvalue weighted by atomic mass is 10.3. The summed E-state index contributed by atoms with van der Waals surface area (Å²) < 4.78 is 10.6. The molecule has 0 unspecified atom stereocenters. The number of ether oxygens (including phenoxy) is 2. The highest BCUT2D eigenvalue weighted by atomic mass is 16.5. The molecule has 1 rings (SSSR count). The molecule has 1 amide bonds. The number of nitrogens with zero attached hydrogens (tertiary/aromatic N) is 3. The summed E-state index contributed by atoms with van der Waals surface area (Å²) in [6.45, 7) is 0.440. The molecule has 0 bridgehead atoms. The molecule has 0 radical (unpaired) electrons. The number of carbonyl (C=O) groups is 1. The van der Waals surface area contributed by atoms with Crippen LogP contribution in [0.4, 0.5) is 0 Å². The number of rotatable bonds is 8. The van der Waals surface area contributed by atoms with E-state index in [0.29, 0.717) is 24.6 Å². The standard InChI is InChI=1S/C15H17N3O3/c1-20-13-6-2-3-7-14(13)21-12-15(19)18(10-4-8-16)11-5-9-17/h2-3,6-7H,4-5,10-12H2,1H3. The highest BCUT2D eigenvalue weighted by Gasteiger charge is 2.14. The van der Waals surface area contributed by atoms with Crippen molar-refractivity contribution in [2.75, 3.05) is 26.8 Å². The molecular weight excluding hydrogens is 270 g/mol. The van der Waals surface area contributed by atoms with Gasteiger partial charge in [-0.15, -0.1) is 0 Å². The predicted molar refractivity (Wildman–Crippen MR) is 75.5 cm³/mol. The van der Waals surface area contributed by atoms with Gasteiger partial charge in [0.15, 0.2) is 18.1 Å². The van der Waals surface area contributed by atoms with Crippen molar-refractivity contribution in [2.45, 2.75) is 12.8 Å². The topological polar surface area (TPSA) is 86.3 Å². The number of carbonyl (C=O) groups excluding carboxylic acids is 1. The van der Waals surface area contributed by atoms with Crippen molar-refractivity contribution in [1.29, 1.82) is 10.5 Å². The Bertz CT molecular complexity index is 528. The summed E-state index contributed by atoms with van der Waals surface area (Å²) in [7, 11) is 1.52. The van der Waals surface area contributed by atoms with Crippen molar-refractivity contribution < 1.29 is 14.3 Å². The Kier molecular flexibility index (Phi) is 7.17. The van der Waals surface area contributed by atoms with Gasteiger partial charge in [0, 0.05) is 13.1 Å². The molecule has 0 atom stereocenters. The smallest absolute Gasteiger partial charge is 0.260 e. The van der Waals surface area contributed by atoms with E-state index in [1.54, 1.807) is 24.3 Å². The second kappa shape index (κ2) is 9.22. The van der Waals surface area contributed by atoms with Crippen molar-refractivity contribution in [3.8, 4) is 23.6 Å². The van der Waals surface area contributed by atoms with Gasteiger partial charge in [0.25, 0.3) is 5.91 Å². The van der Waals surface area contributed by atoms with Crippen LogP contribution in [0, 0.1) is 22.7 Å². The number of benzene rings is 1. The van der Waals surface area contributed by atoms with Crippen LogP contribution in [0.1, 0.15) is 12.8 Å². The van der Waals surface area contributed by atoms with E-state index < -0.39 is 0 Å². The number of hydrogen-bond donors (Lipinski definition) is 0. The Morgan fingerprint density at radius 2 is 1.71 bits per heavy atom. The molecule has 110 valence electrons. The van der Waals surface area contributed by atoms with Gasteiger partial charge >= 0.3 is 0 Å². The van der Waals surface area contributed by atoms with Gasteiger partial charge in [0.2, 0.25) is 0 Å². The third-order valence-corrected chi connectivity index (χ3v) is 2.76.